The molecule has 0 bridgehead atoms. The van der Waals surface area contributed by atoms with Gasteiger partial charge in [0.25, 0.3) is 0 Å². The SMILES string of the molecule is COCCOCCOCCOCCOc1cc(/C=C/c2cc(-c3cccs3)sc2-c2ccc(-c3ccc(-c4sc(-c5cccs5)cc4/C=C/c4ccc(OC)c(OCCOCCOCCOCCOC)c4)s3)s2)ccc1OC. The van der Waals surface area contributed by atoms with E-state index in [0.717, 1.165) is 22.3 Å². The van der Waals surface area contributed by atoms with Gasteiger partial charge in [-0.1, -0.05) is 48.6 Å². The Morgan fingerprint density at radius 3 is 1.05 bits per heavy atom. The first-order chi connectivity index (χ1) is 38.5. The van der Waals surface area contributed by atoms with Gasteiger partial charge in [-0.15, -0.1) is 68.0 Å². The summed E-state index contributed by atoms with van der Waals surface area (Å²) in [7, 11) is 6.62. The summed E-state index contributed by atoms with van der Waals surface area (Å²) in [5, 5.41) is 4.27. The Morgan fingerprint density at radius 1 is 0.321 bits per heavy atom. The Morgan fingerprint density at radius 2 is 0.692 bits per heavy atom. The second-order valence-corrected chi connectivity index (χ2v) is 23.1. The summed E-state index contributed by atoms with van der Waals surface area (Å²) < 4.78 is 67.1. The summed E-state index contributed by atoms with van der Waals surface area (Å²) in [6.07, 6.45) is 8.70. The smallest absolute Gasteiger partial charge is 0.161 e. The van der Waals surface area contributed by atoms with Crippen LogP contribution in [0.2, 0.25) is 0 Å². The molecular weight excluding hydrogens is 1110 g/mol. The van der Waals surface area contributed by atoms with Crippen LogP contribution in [-0.4, -0.2) is 134 Å². The summed E-state index contributed by atoms with van der Waals surface area (Å²) in [5.74, 6) is 2.66. The maximum Gasteiger partial charge on any atom is 0.161 e. The van der Waals surface area contributed by atoms with E-state index in [1.165, 1.54) is 48.8 Å². The lowest BCUT2D eigenvalue weighted by Crippen LogP contribution is -2.13. The Hall–Kier alpha value is -5.00. The number of benzene rings is 2. The molecule has 0 aliphatic heterocycles. The van der Waals surface area contributed by atoms with Crippen molar-refractivity contribution in [2.75, 3.05) is 134 Å². The van der Waals surface area contributed by atoms with E-state index in [1.807, 2.05) is 81.7 Å². The van der Waals surface area contributed by atoms with Gasteiger partial charge < -0.3 is 56.8 Å². The highest BCUT2D eigenvalue weighted by Crippen LogP contribution is 2.48. The standard InChI is InChI=1S/C60H66O12S6/c1-61-21-23-65-25-27-67-29-31-69-33-35-71-49-39-43(11-15-47(49)63-3)9-13-45-41-57(51-7-5-37-73-51)77-59(45)55-19-17-53(75-55)54-18-20-56(76-54)60-46(42-58(78-60)52-8-6-38-74-52)14-10-44-12-16-48(64-4)50(40-44)72-36-34-70-32-30-68-28-26-66-24-22-62-2/h5-20,37-42H,21-36H2,1-4H3/b13-9+,14-10+. The van der Waals surface area contributed by atoms with Crippen LogP contribution < -0.4 is 18.9 Å². The van der Waals surface area contributed by atoms with Crippen LogP contribution >= 0.6 is 68.0 Å². The molecule has 0 fully saturated rings. The van der Waals surface area contributed by atoms with Crippen LogP contribution in [0.3, 0.4) is 0 Å². The second kappa shape index (κ2) is 32.9. The maximum absolute atomic E-state index is 6.15. The molecule has 8 rings (SSSR count). The lowest BCUT2D eigenvalue weighted by molar-refractivity contribution is 0.0000840. The van der Waals surface area contributed by atoms with E-state index < -0.39 is 0 Å². The summed E-state index contributed by atoms with van der Waals surface area (Å²) in [5.41, 5.74) is 4.32. The van der Waals surface area contributed by atoms with E-state index in [4.69, 9.17) is 56.8 Å². The van der Waals surface area contributed by atoms with Gasteiger partial charge in [-0.3, -0.25) is 0 Å². The zero-order valence-corrected chi connectivity index (χ0v) is 49.3. The van der Waals surface area contributed by atoms with Gasteiger partial charge in [-0.05, 0) is 106 Å². The van der Waals surface area contributed by atoms with Gasteiger partial charge in [0.2, 0.25) is 0 Å². The first-order valence-corrected chi connectivity index (χ1v) is 30.5. The van der Waals surface area contributed by atoms with Crippen LogP contribution in [0.1, 0.15) is 22.3 Å². The summed E-state index contributed by atoms with van der Waals surface area (Å²) in [4.78, 5) is 12.4. The van der Waals surface area contributed by atoms with E-state index >= 15 is 0 Å². The van der Waals surface area contributed by atoms with Gasteiger partial charge in [0.1, 0.15) is 13.2 Å². The van der Waals surface area contributed by atoms with Crippen molar-refractivity contribution >= 4 is 92.3 Å². The van der Waals surface area contributed by atoms with E-state index in [0.29, 0.717) is 129 Å². The third kappa shape index (κ3) is 18.0. The minimum atomic E-state index is 0.378. The number of hydrogen-bond acceptors (Lipinski definition) is 18. The molecule has 12 nitrogen and oxygen atoms in total. The van der Waals surface area contributed by atoms with Gasteiger partial charge in [0.15, 0.2) is 23.0 Å². The van der Waals surface area contributed by atoms with Crippen molar-refractivity contribution in [1.29, 1.82) is 0 Å². The first-order valence-electron chi connectivity index (χ1n) is 25.5. The lowest BCUT2D eigenvalue weighted by atomic mass is 10.1. The Balaban J connectivity index is 0.923. The predicted octanol–water partition coefficient (Wildman–Crippen LogP) is 14.9. The van der Waals surface area contributed by atoms with Crippen molar-refractivity contribution in [3.63, 3.8) is 0 Å². The number of hydrogen-bond donors (Lipinski definition) is 0. The third-order valence-electron chi connectivity index (χ3n) is 11.6. The highest BCUT2D eigenvalue weighted by atomic mass is 32.1. The molecule has 0 amide bonds. The van der Waals surface area contributed by atoms with Crippen LogP contribution in [-0.2, 0) is 37.9 Å². The molecule has 0 aliphatic carbocycles. The van der Waals surface area contributed by atoms with Crippen LogP contribution in [0.5, 0.6) is 23.0 Å². The number of methoxy groups -OCH3 is 4. The van der Waals surface area contributed by atoms with Gasteiger partial charge in [-0.2, -0.15) is 0 Å². The molecule has 0 saturated carbocycles. The number of ether oxygens (including phenoxy) is 12. The fourth-order valence-electron chi connectivity index (χ4n) is 7.69. The van der Waals surface area contributed by atoms with Crippen LogP contribution in [0.25, 0.3) is 73.1 Å². The van der Waals surface area contributed by atoms with Crippen molar-refractivity contribution in [2.24, 2.45) is 0 Å². The third-order valence-corrected chi connectivity index (χ3v) is 18.7. The van der Waals surface area contributed by atoms with Gasteiger partial charge >= 0.3 is 0 Å². The maximum atomic E-state index is 6.15. The monoisotopic (exact) mass is 1170 g/mol. The minimum absolute atomic E-state index is 0.378. The van der Waals surface area contributed by atoms with Crippen molar-refractivity contribution in [2.45, 2.75) is 0 Å². The molecule has 78 heavy (non-hydrogen) atoms. The van der Waals surface area contributed by atoms with Crippen molar-refractivity contribution in [1.82, 2.24) is 0 Å². The quantitative estimate of drug-likeness (QED) is 0.0346. The Labute approximate surface area is 481 Å². The lowest BCUT2D eigenvalue weighted by Gasteiger charge is -2.12. The zero-order chi connectivity index (χ0) is 54.0. The molecule has 0 spiro atoms. The average Bonchev–Trinajstić information content (AvgIpc) is 4.40. The molecular formula is C60H66O12S6. The molecule has 0 aliphatic rings. The predicted molar refractivity (Wildman–Crippen MR) is 324 cm³/mol. The molecule has 0 unspecified atom stereocenters. The normalized spacial score (nSPS) is 11.7. The van der Waals surface area contributed by atoms with Crippen molar-refractivity contribution in [3.05, 3.63) is 130 Å². The minimum Gasteiger partial charge on any atom is -0.493 e. The molecule has 6 aromatic heterocycles. The average molecular weight is 1170 g/mol. The highest BCUT2D eigenvalue weighted by Gasteiger charge is 2.18. The molecule has 6 heterocycles. The first kappa shape index (κ1) is 59.1. The molecule has 0 radical (unpaired) electrons. The summed E-state index contributed by atoms with van der Waals surface area (Å²) in [6, 6.07) is 34.3. The Bertz CT molecular complexity index is 2820. The molecule has 414 valence electrons. The molecule has 0 N–H and O–H groups in total. The zero-order valence-electron chi connectivity index (χ0n) is 44.4. The topological polar surface area (TPSA) is 111 Å². The van der Waals surface area contributed by atoms with E-state index in [-0.39, 0.29) is 0 Å². The van der Waals surface area contributed by atoms with Gasteiger partial charge in [0, 0.05) is 53.2 Å². The van der Waals surface area contributed by atoms with E-state index in [2.05, 4.69) is 95.7 Å². The summed E-state index contributed by atoms with van der Waals surface area (Å²) >= 11 is 10.8. The molecule has 8 aromatic rings. The molecule has 0 saturated heterocycles. The largest absolute Gasteiger partial charge is 0.493 e. The number of thiophene rings is 6. The van der Waals surface area contributed by atoms with Gasteiger partial charge in [0.05, 0.1) is 116 Å². The molecule has 18 heteroatoms. The van der Waals surface area contributed by atoms with Crippen LogP contribution in [0, 0.1) is 0 Å². The number of rotatable bonds is 37. The van der Waals surface area contributed by atoms with E-state index in [9.17, 15) is 0 Å². The second-order valence-electron chi connectivity index (χ2n) is 16.9. The van der Waals surface area contributed by atoms with Gasteiger partial charge in [-0.25, -0.2) is 0 Å². The fourth-order valence-corrected chi connectivity index (χ4v) is 14.0. The van der Waals surface area contributed by atoms with Crippen LogP contribution in [0.4, 0.5) is 0 Å². The molecule has 2 aromatic carbocycles. The Kier molecular flexibility index (Phi) is 25.0. The fraction of sp³-hybridized carbons (Fsp3) is 0.333. The van der Waals surface area contributed by atoms with Crippen molar-refractivity contribution < 1.29 is 56.8 Å². The van der Waals surface area contributed by atoms with Crippen molar-refractivity contribution in [3.8, 4) is 71.8 Å². The highest BCUT2D eigenvalue weighted by molar-refractivity contribution is 7.30. The van der Waals surface area contributed by atoms with E-state index in [1.54, 1.807) is 51.1 Å². The summed E-state index contributed by atoms with van der Waals surface area (Å²) in [6.45, 7) is 7.87. The van der Waals surface area contributed by atoms with Crippen LogP contribution in [0.15, 0.2) is 108 Å². The molecule has 0 atom stereocenters.